The molecule has 0 aliphatic carbocycles. The maximum atomic E-state index is 13.2. The van der Waals surface area contributed by atoms with E-state index >= 15 is 0 Å². The molecule has 0 aliphatic rings. The van der Waals surface area contributed by atoms with E-state index < -0.39 is 5.91 Å². The number of hydrogen-bond acceptors (Lipinski definition) is 4. The van der Waals surface area contributed by atoms with Crippen LogP contribution in [-0.2, 0) is 6.61 Å². The predicted molar refractivity (Wildman–Crippen MR) is 81.2 cm³/mol. The van der Waals surface area contributed by atoms with Crippen molar-refractivity contribution in [2.45, 2.75) is 6.61 Å². The Bertz CT molecular complexity index is 845. The second kappa shape index (κ2) is 6.31. The molecule has 1 aromatic heterocycles. The summed E-state index contributed by atoms with van der Waals surface area (Å²) in [5.41, 5.74) is 6.68. The number of benzene rings is 2. The fourth-order valence-electron chi connectivity index (χ4n) is 2.02. The van der Waals surface area contributed by atoms with Gasteiger partial charge in [-0.1, -0.05) is 12.1 Å². The average molecular weight is 312 g/mol. The first-order chi connectivity index (χ1) is 11.1. The number of nitrogens with zero attached hydrogens (tertiary/aromatic N) is 1. The lowest BCUT2D eigenvalue weighted by Crippen LogP contribution is -2.10. The molecule has 23 heavy (non-hydrogen) atoms. The van der Waals surface area contributed by atoms with Crippen LogP contribution >= 0.6 is 0 Å². The number of nitrogens with two attached hydrogens (primary N) is 1. The minimum Gasteiger partial charge on any atom is -0.487 e. The Balaban J connectivity index is 1.70. The third-order valence-electron chi connectivity index (χ3n) is 3.13. The van der Waals surface area contributed by atoms with E-state index in [4.69, 9.17) is 14.9 Å². The Labute approximate surface area is 131 Å². The number of oxazole rings is 1. The molecule has 1 amide bonds. The SMILES string of the molecule is NC(=O)c1cccc(OCc2coc(-c3cccc(F)c3)n2)c1. The zero-order valence-corrected chi connectivity index (χ0v) is 12.0. The topological polar surface area (TPSA) is 78.4 Å². The Hall–Kier alpha value is -3.15. The zero-order chi connectivity index (χ0) is 16.2. The molecule has 0 unspecified atom stereocenters. The molecule has 6 heteroatoms. The van der Waals surface area contributed by atoms with Crippen LogP contribution in [0.3, 0.4) is 0 Å². The van der Waals surface area contributed by atoms with Gasteiger partial charge in [-0.05, 0) is 36.4 Å². The van der Waals surface area contributed by atoms with Gasteiger partial charge in [0, 0.05) is 11.1 Å². The monoisotopic (exact) mass is 312 g/mol. The summed E-state index contributed by atoms with van der Waals surface area (Å²) in [5.74, 6) is -0.0716. The van der Waals surface area contributed by atoms with Crippen molar-refractivity contribution in [2.24, 2.45) is 5.73 Å². The second-order valence-corrected chi connectivity index (χ2v) is 4.84. The van der Waals surface area contributed by atoms with Crippen LogP contribution < -0.4 is 10.5 Å². The van der Waals surface area contributed by atoms with Gasteiger partial charge in [-0.15, -0.1) is 0 Å². The number of rotatable bonds is 5. The highest BCUT2D eigenvalue weighted by Crippen LogP contribution is 2.20. The number of carbonyl (C=O) groups excluding carboxylic acids is 1. The lowest BCUT2D eigenvalue weighted by molar-refractivity contribution is 0.1000. The molecule has 0 saturated heterocycles. The van der Waals surface area contributed by atoms with Gasteiger partial charge >= 0.3 is 0 Å². The molecule has 2 N–H and O–H groups in total. The van der Waals surface area contributed by atoms with Gasteiger partial charge in [0.2, 0.25) is 11.8 Å². The van der Waals surface area contributed by atoms with Crippen molar-refractivity contribution in [1.82, 2.24) is 4.98 Å². The number of aromatic nitrogens is 1. The quantitative estimate of drug-likeness (QED) is 0.785. The van der Waals surface area contributed by atoms with Crippen LogP contribution in [0.4, 0.5) is 4.39 Å². The van der Waals surface area contributed by atoms with Crippen LogP contribution in [0, 0.1) is 5.82 Å². The van der Waals surface area contributed by atoms with Gasteiger partial charge in [0.1, 0.15) is 30.1 Å². The molecule has 116 valence electrons. The smallest absolute Gasteiger partial charge is 0.248 e. The van der Waals surface area contributed by atoms with Crippen LogP contribution in [0.15, 0.2) is 59.2 Å². The molecule has 2 aromatic carbocycles. The van der Waals surface area contributed by atoms with Gasteiger partial charge in [0.05, 0.1) is 0 Å². The van der Waals surface area contributed by atoms with E-state index in [0.29, 0.717) is 28.5 Å². The van der Waals surface area contributed by atoms with Crippen LogP contribution in [0.1, 0.15) is 16.1 Å². The van der Waals surface area contributed by atoms with Crippen molar-refractivity contribution in [2.75, 3.05) is 0 Å². The maximum absolute atomic E-state index is 13.2. The van der Waals surface area contributed by atoms with Crippen molar-refractivity contribution in [3.63, 3.8) is 0 Å². The number of amides is 1. The molecule has 0 fully saturated rings. The lowest BCUT2D eigenvalue weighted by Gasteiger charge is -2.04. The van der Waals surface area contributed by atoms with Gasteiger partial charge in [-0.2, -0.15) is 0 Å². The third-order valence-corrected chi connectivity index (χ3v) is 3.13. The molecule has 0 saturated carbocycles. The number of hydrogen-bond donors (Lipinski definition) is 1. The summed E-state index contributed by atoms with van der Waals surface area (Å²) in [7, 11) is 0. The lowest BCUT2D eigenvalue weighted by atomic mass is 10.2. The fraction of sp³-hybridized carbons (Fsp3) is 0.0588. The Morgan fingerprint density at radius 3 is 2.83 bits per heavy atom. The largest absolute Gasteiger partial charge is 0.487 e. The Morgan fingerprint density at radius 1 is 1.22 bits per heavy atom. The summed E-state index contributed by atoms with van der Waals surface area (Å²) in [6.07, 6.45) is 1.44. The molecule has 3 rings (SSSR count). The van der Waals surface area contributed by atoms with Gasteiger partial charge in [0.25, 0.3) is 0 Å². The minimum atomic E-state index is -0.523. The predicted octanol–water partition coefficient (Wildman–Crippen LogP) is 3.16. The van der Waals surface area contributed by atoms with Gasteiger partial charge in [-0.3, -0.25) is 4.79 Å². The van der Waals surface area contributed by atoms with Gasteiger partial charge in [-0.25, -0.2) is 9.37 Å². The molecule has 0 spiro atoms. The van der Waals surface area contributed by atoms with E-state index in [-0.39, 0.29) is 12.4 Å². The summed E-state index contributed by atoms with van der Waals surface area (Å²) in [6, 6.07) is 12.5. The van der Waals surface area contributed by atoms with Crippen LogP contribution in [0.25, 0.3) is 11.5 Å². The number of primary amides is 1. The minimum absolute atomic E-state index is 0.154. The first kappa shape index (κ1) is 14.8. The van der Waals surface area contributed by atoms with Crippen molar-refractivity contribution < 1.29 is 18.3 Å². The van der Waals surface area contributed by atoms with Crippen LogP contribution in [0.2, 0.25) is 0 Å². The van der Waals surface area contributed by atoms with Crippen molar-refractivity contribution >= 4 is 5.91 Å². The molecule has 0 atom stereocenters. The Morgan fingerprint density at radius 2 is 2.04 bits per heavy atom. The standard InChI is InChI=1S/C17H13FN2O3/c18-13-5-1-4-12(7-13)17-20-14(10-23-17)9-22-15-6-2-3-11(8-15)16(19)21/h1-8,10H,9H2,(H2,19,21). The number of halogens is 1. The van der Waals surface area contributed by atoms with E-state index in [1.165, 1.54) is 18.4 Å². The zero-order valence-electron chi connectivity index (χ0n) is 12.0. The summed E-state index contributed by atoms with van der Waals surface area (Å²) in [4.78, 5) is 15.4. The van der Waals surface area contributed by atoms with Crippen molar-refractivity contribution in [1.29, 1.82) is 0 Å². The van der Waals surface area contributed by atoms with Gasteiger partial charge in [0.15, 0.2) is 0 Å². The molecular formula is C17H13FN2O3. The first-order valence-electron chi connectivity index (χ1n) is 6.85. The summed E-state index contributed by atoms with van der Waals surface area (Å²) < 4.78 is 24.1. The molecule has 1 heterocycles. The van der Waals surface area contributed by atoms with E-state index in [1.54, 1.807) is 36.4 Å². The van der Waals surface area contributed by atoms with E-state index in [1.807, 2.05) is 0 Å². The van der Waals surface area contributed by atoms with E-state index in [9.17, 15) is 9.18 Å². The van der Waals surface area contributed by atoms with Crippen molar-refractivity contribution in [3.05, 3.63) is 71.9 Å². The molecular weight excluding hydrogens is 299 g/mol. The number of ether oxygens (including phenoxy) is 1. The fourth-order valence-corrected chi connectivity index (χ4v) is 2.02. The highest BCUT2D eigenvalue weighted by molar-refractivity contribution is 5.93. The molecule has 0 radical (unpaired) electrons. The molecule has 0 bridgehead atoms. The summed E-state index contributed by atoms with van der Waals surface area (Å²) in [5, 5.41) is 0. The Kier molecular flexibility index (Phi) is 4.05. The summed E-state index contributed by atoms with van der Waals surface area (Å²) in [6.45, 7) is 0.154. The molecule has 5 nitrogen and oxygen atoms in total. The first-order valence-corrected chi connectivity index (χ1v) is 6.85. The van der Waals surface area contributed by atoms with Crippen LogP contribution in [0.5, 0.6) is 5.75 Å². The highest BCUT2D eigenvalue weighted by Gasteiger charge is 2.09. The molecule has 0 aliphatic heterocycles. The number of carbonyl (C=O) groups is 1. The van der Waals surface area contributed by atoms with E-state index in [2.05, 4.69) is 4.98 Å². The van der Waals surface area contributed by atoms with E-state index in [0.717, 1.165) is 0 Å². The third kappa shape index (κ3) is 3.55. The highest BCUT2D eigenvalue weighted by atomic mass is 19.1. The maximum Gasteiger partial charge on any atom is 0.248 e. The van der Waals surface area contributed by atoms with Crippen LogP contribution in [-0.4, -0.2) is 10.9 Å². The summed E-state index contributed by atoms with van der Waals surface area (Å²) >= 11 is 0. The normalized spacial score (nSPS) is 10.5. The van der Waals surface area contributed by atoms with Gasteiger partial charge < -0.3 is 14.9 Å². The second-order valence-electron chi connectivity index (χ2n) is 4.84. The van der Waals surface area contributed by atoms with Crippen molar-refractivity contribution in [3.8, 4) is 17.2 Å². The average Bonchev–Trinajstić information content (AvgIpc) is 3.02. The molecule has 3 aromatic rings.